The first-order valence-corrected chi connectivity index (χ1v) is 4.68. The molecule has 0 N–H and O–H groups in total. The van der Waals surface area contributed by atoms with E-state index in [-0.39, 0.29) is 27.3 Å². The van der Waals surface area contributed by atoms with Crippen molar-refractivity contribution in [2.24, 2.45) is 0 Å². The first-order chi connectivity index (χ1) is 6.95. The molecule has 3 aromatic rings. The van der Waals surface area contributed by atoms with E-state index in [4.69, 9.17) is 0 Å². The summed E-state index contributed by atoms with van der Waals surface area (Å²) in [4.78, 5) is 4.41. The van der Waals surface area contributed by atoms with E-state index in [2.05, 4.69) is 47.4 Å². The van der Waals surface area contributed by atoms with E-state index < -0.39 is 0 Å². The van der Waals surface area contributed by atoms with E-state index in [1.807, 2.05) is 12.3 Å². The second-order valence-corrected chi connectivity index (χ2v) is 3.36. The van der Waals surface area contributed by atoms with E-state index >= 15 is 0 Å². The van der Waals surface area contributed by atoms with Gasteiger partial charge in [-0.15, -0.1) is 0 Å². The van der Waals surface area contributed by atoms with Gasteiger partial charge in [0.05, 0.1) is 5.52 Å². The fourth-order valence-corrected chi connectivity index (χ4v) is 1.81. The van der Waals surface area contributed by atoms with Crippen LogP contribution in [-0.4, -0.2) is 32.3 Å². The maximum absolute atomic E-state index is 4.41. The standard InChI is InChI=1S/C13H9N.Pb/c1-2-6-12-10(4-1)7-8-11-5-3-9-14-13(11)12;/h1-9H;. The molecule has 0 saturated carbocycles. The minimum atomic E-state index is 0. The van der Waals surface area contributed by atoms with Crippen LogP contribution in [0, 0.1) is 0 Å². The van der Waals surface area contributed by atoms with Crippen molar-refractivity contribution in [2.45, 2.75) is 0 Å². The van der Waals surface area contributed by atoms with Gasteiger partial charge in [-0.1, -0.05) is 42.5 Å². The maximum atomic E-state index is 4.41. The number of hydrogen-bond acceptors (Lipinski definition) is 1. The van der Waals surface area contributed by atoms with E-state index in [1.54, 1.807) is 0 Å². The zero-order valence-electron chi connectivity index (χ0n) is 8.14. The molecule has 0 unspecified atom stereocenters. The maximum Gasteiger partial charge on any atom is 0.0780 e. The van der Waals surface area contributed by atoms with Gasteiger partial charge in [0.25, 0.3) is 0 Å². The summed E-state index contributed by atoms with van der Waals surface area (Å²) in [6.07, 6.45) is 1.84. The number of hydrogen-bond donors (Lipinski definition) is 0. The Hall–Kier alpha value is -0.968. The molecule has 15 heavy (non-hydrogen) atoms. The van der Waals surface area contributed by atoms with Crippen LogP contribution in [0.15, 0.2) is 54.7 Å². The molecule has 0 amide bonds. The molecule has 0 aliphatic carbocycles. The monoisotopic (exact) mass is 387 g/mol. The molecule has 4 radical (unpaired) electrons. The smallest absolute Gasteiger partial charge is 0.0780 e. The fraction of sp³-hybridized carbons (Fsp3) is 0. The van der Waals surface area contributed by atoms with Crippen molar-refractivity contribution in [3.05, 3.63) is 54.7 Å². The van der Waals surface area contributed by atoms with Gasteiger partial charge in [0.15, 0.2) is 0 Å². The Morgan fingerprint density at radius 2 is 1.47 bits per heavy atom. The molecule has 2 aromatic carbocycles. The van der Waals surface area contributed by atoms with Crippen LogP contribution in [0.4, 0.5) is 0 Å². The normalized spacial score (nSPS) is 10.1. The van der Waals surface area contributed by atoms with Gasteiger partial charge in [0, 0.05) is 44.3 Å². The zero-order valence-corrected chi connectivity index (χ0v) is 12.0. The van der Waals surface area contributed by atoms with Gasteiger partial charge in [-0.3, -0.25) is 4.98 Å². The molecule has 2 heteroatoms. The second-order valence-electron chi connectivity index (χ2n) is 3.36. The van der Waals surface area contributed by atoms with Crippen LogP contribution < -0.4 is 0 Å². The summed E-state index contributed by atoms with van der Waals surface area (Å²) < 4.78 is 0. The van der Waals surface area contributed by atoms with E-state index in [0.717, 1.165) is 5.52 Å². The second kappa shape index (κ2) is 4.27. The van der Waals surface area contributed by atoms with E-state index in [9.17, 15) is 0 Å². The zero-order chi connectivity index (χ0) is 9.38. The third kappa shape index (κ3) is 1.76. The Balaban J connectivity index is 0.000000853. The Labute approximate surface area is 108 Å². The molecule has 0 fully saturated rings. The molecule has 1 aromatic heterocycles. The molecular formula is C13H9NPb. The molecule has 3 rings (SSSR count). The number of pyridine rings is 1. The molecular weight excluding hydrogens is 377 g/mol. The van der Waals surface area contributed by atoms with Crippen LogP contribution in [-0.2, 0) is 0 Å². The van der Waals surface area contributed by atoms with Crippen LogP contribution in [0.1, 0.15) is 0 Å². The summed E-state index contributed by atoms with van der Waals surface area (Å²) >= 11 is 0. The predicted octanol–water partition coefficient (Wildman–Crippen LogP) is 3.01. The summed E-state index contributed by atoms with van der Waals surface area (Å²) in [6.45, 7) is 0. The van der Waals surface area contributed by atoms with Gasteiger partial charge in [-0.25, -0.2) is 0 Å². The summed E-state index contributed by atoms with van der Waals surface area (Å²) in [6, 6.07) is 16.7. The number of fused-ring (bicyclic) bond motifs is 3. The third-order valence-corrected chi connectivity index (χ3v) is 2.50. The number of rotatable bonds is 0. The minimum Gasteiger partial charge on any atom is -0.256 e. The molecule has 0 aliphatic rings. The number of benzene rings is 2. The topological polar surface area (TPSA) is 12.9 Å². The van der Waals surface area contributed by atoms with Crippen molar-refractivity contribution in [1.82, 2.24) is 4.98 Å². The van der Waals surface area contributed by atoms with Crippen LogP contribution in [0.3, 0.4) is 0 Å². The summed E-state index contributed by atoms with van der Waals surface area (Å²) in [5, 5.41) is 3.68. The Morgan fingerprint density at radius 1 is 0.733 bits per heavy atom. The SMILES string of the molecule is [Pb].c1ccc2c(c1)ccc1cccnc12. The molecule has 0 atom stereocenters. The van der Waals surface area contributed by atoms with Crippen LogP contribution >= 0.6 is 0 Å². The van der Waals surface area contributed by atoms with Crippen molar-refractivity contribution in [3.8, 4) is 0 Å². The van der Waals surface area contributed by atoms with Gasteiger partial charge in [0.1, 0.15) is 0 Å². The first-order valence-electron chi connectivity index (χ1n) is 4.68. The fourth-order valence-electron chi connectivity index (χ4n) is 1.81. The average Bonchev–Trinajstić information content (AvgIpc) is 2.29. The van der Waals surface area contributed by atoms with Crippen molar-refractivity contribution in [3.63, 3.8) is 0 Å². The molecule has 1 nitrogen and oxygen atoms in total. The van der Waals surface area contributed by atoms with Crippen molar-refractivity contribution in [2.75, 3.05) is 0 Å². The Bertz CT molecular complexity index is 550. The quantitative estimate of drug-likeness (QED) is 0.428. The molecule has 70 valence electrons. The van der Waals surface area contributed by atoms with Crippen LogP contribution in [0.5, 0.6) is 0 Å². The molecule has 1 heterocycles. The molecule has 0 bridgehead atoms. The molecule has 0 saturated heterocycles. The van der Waals surface area contributed by atoms with Gasteiger partial charge < -0.3 is 0 Å². The van der Waals surface area contributed by atoms with Crippen molar-refractivity contribution >= 4 is 49.0 Å². The average molecular weight is 386 g/mol. The van der Waals surface area contributed by atoms with Gasteiger partial charge in [0.2, 0.25) is 0 Å². The number of aromatic nitrogens is 1. The minimum absolute atomic E-state index is 0. The van der Waals surface area contributed by atoms with E-state index in [0.29, 0.717) is 0 Å². The van der Waals surface area contributed by atoms with Crippen LogP contribution in [0.2, 0.25) is 0 Å². The molecule has 0 spiro atoms. The van der Waals surface area contributed by atoms with E-state index in [1.165, 1.54) is 16.2 Å². The van der Waals surface area contributed by atoms with Gasteiger partial charge in [-0.2, -0.15) is 0 Å². The Kier molecular flexibility index (Phi) is 3.00. The third-order valence-electron chi connectivity index (χ3n) is 2.50. The Morgan fingerprint density at radius 3 is 2.40 bits per heavy atom. The van der Waals surface area contributed by atoms with Crippen LogP contribution in [0.25, 0.3) is 21.7 Å². The largest absolute Gasteiger partial charge is 0.256 e. The van der Waals surface area contributed by atoms with Crippen molar-refractivity contribution < 1.29 is 0 Å². The number of nitrogens with zero attached hydrogens (tertiary/aromatic N) is 1. The predicted molar refractivity (Wildman–Crippen MR) is 65.0 cm³/mol. The summed E-state index contributed by atoms with van der Waals surface area (Å²) in [5.74, 6) is 0. The molecule has 0 aliphatic heterocycles. The van der Waals surface area contributed by atoms with Crippen molar-refractivity contribution in [1.29, 1.82) is 0 Å². The van der Waals surface area contributed by atoms with Gasteiger partial charge >= 0.3 is 0 Å². The first kappa shape index (κ1) is 10.5. The summed E-state index contributed by atoms with van der Waals surface area (Å²) in [7, 11) is 0. The van der Waals surface area contributed by atoms with Gasteiger partial charge in [-0.05, 0) is 11.5 Å². The summed E-state index contributed by atoms with van der Waals surface area (Å²) in [5.41, 5.74) is 1.09.